The van der Waals surface area contributed by atoms with E-state index in [2.05, 4.69) is 10.6 Å². The van der Waals surface area contributed by atoms with E-state index in [1.54, 1.807) is 24.3 Å². The van der Waals surface area contributed by atoms with E-state index >= 15 is 0 Å². The summed E-state index contributed by atoms with van der Waals surface area (Å²) in [4.78, 5) is 27.4. The Morgan fingerprint density at radius 1 is 1.03 bits per heavy atom. The van der Waals surface area contributed by atoms with Gasteiger partial charge in [0.25, 0.3) is 5.91 Å². The van der Waals surface area contributed by atoms with Crippen molar-refractivity contribution in [1.82, 2.24) is 10.2 Å². The molecule has 0 aliphatic carbocycles. The number of amides is 3. The molecule has 0 bridgehead atoms. The molecule has 0 spiro atoms. The van der Waals surface area contributed by atoms with Crippen LogP contribution in [0.5, 0.6) is 0 Å². The van der Waals surface area contributed by atoms with Gasteiger partial charge in [-0.3, -0.25) is 4.79 Å². The first kappa shape index (κ1) is 22.9. The van der Waals surface area contributed by atoms with E-state index in [9.17, 15) is 9.59 Å². The Labute approximate surface area is 199 Å². The van der Waals surface area contributed by atoms with Crippen molar-refractivity contribution in [1.29, 1.82) is 0 Å². The van der Waals surface area contributed by atoms with Crippen molar-refractivity contribution in [3.8, 4) is 0 Å². The molecule has 0 aromatic heterocycles. The number of halogens is 1. The third kappa shape index (κ3) is 5.93. The zero-order valence-corrected chi connectivity index (χ0v) is 19.4. The normalized spacial score (nSPS) is 15.7. The van der Waals surface area contributed by atoms with E-state index < -0.39 is 0 Å². The average molecular weight is 462 g/mol. The number of carbonyl (C=O) groups is 2. The number of nitrogens with zero attached hydrogens (tertiary/aromatic N) is 1. The maximum atomic E-state index is 12.8. The third-order valence-electron chi connectivity index (χ3n) is 6.12. The van der Waals surface area contributed by atoms with E-state index in [-0.39, 0.29) is 17.9 Å². The molecule has 4 rings (SSSR count). The topological polar surface area (TPSA) is 61.4 Å². The van der Waals surface area contributed by atoms with Crippen LogP contribution >= 0.6 is 11.6 Å². The standard InChI is InChI=1S/C27H28ClN3O2/c1-19-6-2-3-7-22(19)17-29-26(32)21-9-4-8-20(16-21)23-10-5-15-31(18-23)27(33)30-25-13-11-24(28)12-14-25/h2-4,6-9,11-14,16,23H,5,10,15,17-18H2,1H3,(H,29,32)(H,30,33)/t23-/m1/s1. The summed E-state index contributed by atoms with van der Waals surface area (Å²) in [7, 11) is 0. The van der Waals surface area contributed by atoms with Crippen molar-refractivity contribution in [2.45, 2.75) is 32.2 Å². The van der Waals surface area contributed by atoms with Crippen LogP contribution in [0.4, 0.5) is 10.5 Å². The highest BCUT2D eigenvalue weighted by Gasteiger charge is 2.25. The first-order chi connectivity index (χ1) is 16.0. The quantitative estimate of drug-likeness (QED) is 0.490. The monoisotopic (exact) mass is 461 g/mol. The summed E-state index contributed by atoms with van der Waals surface area (Å²) in [5, 5.41) is 6.60. The van der Waals surface area contributed by atoms with Gasteiger partial charge in [0.05, 0.1) is 0 Å². The maximum absolute atomic E-state index is 12.8. The number of carbonyl (C=O) groups excluding carboxylic acids is 2. The van der Waals surface area contributed by atoms with Crippen LogP contribution in [-0.2, 0) is 6.54 Å². The summed E-state index contributed by atoms with van der Waals surface area (Å²) in [6.07, 6.45) is 1.90. The SMILES string of the molecule is Cc1ccccc1CNC(=O)c1cccc([C@@H]2CCCN(C(=O)Nc3ccc(Cl)cc3)C2)c1. The Bertz CT molecular complexity index is 1130. The highest BCUT2D eigenvalue weighted by atomic mass is 35.5. The van der Waals surface area contributed by atoms with Crippen LogP contribution in [0.1, 0.15) is 45.8 Å². The minimum absolute atomic E-state index is 0.0896. The van der Waals surface area contributed by atoms with Crippen LogP contribution in [0.15, 0.2) is 72.8 Å². The Kier molecular flexibility index (Phi) is 7.30. The molecule has 1 heterocycles. The summed E-state index contributed by atoms with van der Waals surface area (Å²) in [5.41, 5.74) is 4.72. The number of piperidine rings is 1. The van der Waals surface area contributed by atoms with Crippen LogP contribution in [0, 0.1) is 6.92 Å². The van der Waals surface area contributed by atoms with Gasteiger partial charge in [-0.15, -0.1) is 0 Å². The van der Waals surface area contributed by atoms with Gasteiger partial charge in [-0.25, -0.2) is 4.79 Å². The zero-order valence-electron chi connectivity index (χ0n) is 18.7. The van der Waals surface area contributed by atoms with Crippen molar-refractivity contribution < 1.29 is 9.59 Å². The Balaban J connectivity index is 1.38. The summed E-state index contributed by atoms with van der Waals surface area (Å²) in [6, 6.07) is 22.8. The van der Waals surface area contributed by atoms with Gasteiger partial charge in [-0.2, -0.15) is 0 Å². The molecule has 0 saturated carbocycles. The molecule has 5 nitrogen and oxygen atoms in total. The third-order valence-corrected chi connectivity index (χ3v) is 6.38. The molecule has 3 aromatic carbocycles. The van der Waals surface area contributed by atoms with E-state index in [1.165, 1.54) is 0 Å². The van der Waals surface area contributed by atoms with Gasteiger partial charge in [0.15, 0.2) is 0 Å². The summed E-state index contributed by atoms with van der Waals surface area (Å²) in [6.45, 7) is 3.87. The lowest BCUT2D eigenvalue weighted by Gasteiger charge is -2.33. The number of hydrogen-bond donors (Lipinski definition) is 2. The molecule has 3 aromatic rings. The number of urea groups is 1. The van der Waals surface area contributed by atoms with Crippen molar-refractivity contribution in [2.24, 2.45) is 0 Å². The number of benzene rings is 3. The van der Waals surface area contributed by atoms with Gasteiger partial charge in [-0.1, -0.05) is 48.0 Å². The molecule has 1 saturated heterocycles. The van der Waals surface area contributed by atoms with Crippen LogP contribution in [0.25, 0.3) is 0 Å². The molecule has 0 unspecified atom stereocenters. The second-order valence-corrected chi connectivity index (χ2v) is 8.89. The fourth-order valence-electron chi connectivity index (χ4n) is 4.19. The summed E-state index contributed by atoms with van der Waals surface area (Å²) >= 11 is 5.93. The van der Waals surface area contributed by atoms with Crippen LogP contribution in [0.3, 0.4) is 0 Å². The molecule has 6 heteroatoms. The first-order valence-corrected chi connectivity index (χ1v) is 11.6. The first-order valence-electron chi connectivity index (χ1n) is 11.2. The predicted octanol–water partition coefficient (Wildman–Crippen LogP) is 5.99. The number of hydrogen-bond acceptors (Lipinski definition) is 2. The number of likely N-dealkylation sites (tertiary alicyclic amines) is 1. The number of nitrogens with one attached hydrogen (secondary N) is 2. The summed E-state index contributed by atoms with van der Waals surface area (Å²) in [5.74, 6) is 0.104. The largest absolute Gasteiger partial charge is 0.348 e. The Morgan fingerprint density at radius 2 is 1.82 bits per heavy atom. The highest BCUT2D eigenvalue weighted by Crippen LogP contribution is 2.28. The molecular weight excluding hydrogens is 434 g/mol. The van der Waals surface area contributed by atoms with Crippen molar-refractivity contribution in [3.63, 3.8) is 0 Å². The molecule has 1 fully saturated rings. The second kappa shape index (κ2) is 10.5. The second-order valence-electron chi connectivity index (χ2n) is 8.46. The van der Waals surface area contributed by atoms with E-state index in [4.69, 9.17) is 11.6 Å². The lowest BCUT2D eigenvalue weighted by atomic mass is 9.89. The maximum Gasteiger partial charge on any atom is 0.321 e. The van der Waals surface area contributed by atoms with Gasteiger partial charge >= 0.3 is 6.03 Å². The Hall–Kier alpha value is -3.31. The molecule has 1 atom stereocenters. The van der Waals surface area contributed by atoms with E-state index in [0.717, 1.165) is 35.2 Å². The van der Waals surface area contributed by atoms with Gasteiger partial charge in [0.1, 0.15) is 0 Å². The van der Waals surface area contributed by atoms with Gasteiger partial charge < -0.3 is 15.5 Å². The van der Waals surface area contributed by atoms with Crippen molar-refractivity contribution in [3.05, 3.63) is 100 Å². The molecule has 0 radical (unpaired) electrons. The molecule has 170 valence electrons. The lowest BCUT2D eigenvalue weighted by molar-refractivity contribution is 0.0950. The summed E-state index contributed by atoms with van der Waals surface area (Å²) < 4.78 is 0. The lowest BCUT2D eigenvalue weighted by Crippen LogP contribution is -2.41. The van der Waals surface area contributed by atoms with Gasteiger partial charge in [0.2, 0.25) is 0 Å². The zero-order chi connectivity index (χ0) is 23.2. The molecule has 1 aliphatic rings. The van der Waals surface area contributed by atoms with Crippen molar-refractivity contribution in [2.75, 3.05) is 18.4 Å². The van der Waals surface area contributed by atoms with E-state index in [1.807, 2.05) is 60.4 Å². The van der Waals surface area contributed by atoms with Crippen LogP contribution in [-0.4, -0.2) is 29.9 Å². The minimum atomic E-state index is -0.117. The molecule has 1 aliphatic heterocycles. The van der Waals surface area contributed by atoms with E-state index in [0.29, 0.717) is 30.2 Å². The molecular formula is C27H28ClN3O2. The van der Waals surface area contributed by atoms with Gasteiger partial charge in [0, 0.05) is 41.8 Å². The fourth-order valence-corrected chi connectivity index (χ4v) is 4.32. The average Bonchev–Trinajstić information content (AvgIpc) is 2.85. The predicted molar refractivity (Wildman–Crippen MR) is 133 cm³/mol. The van der Waals surface area contributed by atoms with Crippen LogP contribution in [0.2, 0.25) is 5.02 Å². The van der Waals surface area contributed by atoms with Crippen LogP contribution < -0.4 is 10.6 Å². The fraction of sp³-hybridized carbons (Fsp3) is 0.259. The number of anilines is 1. The minimum Gasteiger partial charge on any atom is -0.348 e. The number of aryl methyl sites for hydroxylation is 1. The highest BCUT2D eigenvalue weighted by molar-refractivity contribution is 6.30. The molecule has 33 heavy (non-hydrogen) atoms. The molecule has 2 N–H and O–H groups in total. The molecule has 3 amide bonds. The van der Waals surface area contributed by atoms with Crippen molar-refractivity contribution >= 4 is 29.2 Å². The smallest absolute Gasteiger partial charge is 0.321 e. The Morgan fingerprint density at radius 3 is 2.61 bits per heavy atom. The number of rotatable bonds is 5. The van der Waals surface area contributed by atoms with Gasteiger partial charge in [-0.05, 0) is 72.9 Å².